The third-order valence-corrected chi connectivity index (χ3v) is 6.07. The number of furan rings is 1. The van der Waals surface area contributed by atoms with E-state index < -0.39 is 4.92 Å². The van der Waals surface area contributed by atoms with Crippen molar-refractivity contribution < 1.29 is 18.8 Å². The van der Waals surface area contributed by atoms with Gasteiger partial charge in [-0.2, -0.15) is 9.78 Å². The summed E-state index contributed by atoms with van der Waals surface area (Å²) in [5.41, 5.74) is 1.31. The van der Waals surface area contributed by atoms with E-state index in [1.165, 1.54) is 23.0 Å². The molecule has 6 rings (SSSR count). The fraction of sp³-hybridized carbons (Fsp3) is 0.0345. The number of methoxy groups -OCH3 is 1. The Morgan fingerprint density at radius 3 is 2.58 bits per heavy atom. The van der Waals surface area contributed by atoms with Crippen molar-refractivity contribution in [2.75, 3.05) is 7.11 Å². The molecule has 11 nitrogen and oxygen atoms in total. The van der Waals surface area contributed by atoms with E-state index in [0.717, 1.165) is 11.6 Å². The molecule has 0 bridgehead atoms. The van der Waals surface area contributed by atoms with Gasteiger partial charge in [-0.1, -0.05) is 18.2 Å². The zero-order chi connectivity index (χ0) is 27.6. The predicted octanol–water partition coefficient (Wildman–Crippen LogP) is 5.80. The lowest BCUT2D eigenvalue weighted by atomic mass is 10.2. The molecule has 0 aliphatic rings. The summed E-state index contributed by atoms with van der Waals surface area (Å²) in [6, 6.07) is 23.9. The first-order valence-electron chi connectivity index (χ1n) is 12.0. The fourth-order valence-electron chi connectivity index (χ4n) is 4.12. The molecule has 6 aromatic rings. The van der Waals surface area contributed by atoms with Crippen LogP contribution in [0.1, 0.15) is 5.56 Å². The van der Waals surface area contributed by atoms with Crippen LogP contribution in [0.15, 0.2) is 105 Å². The van der Waals surface area contributed by atoms with Gasteiger partial charge in [0.2, 0.25) is 11.7 Å². The standard InChI is InChI=1S/C29H19N5O6/c1-38-24-7-4-8-25-22(24)15-26(40-25)28-32-23-6-3-2-5-21(23)29(35)33(28)31-16-18-9-12-20(13-10-18)39-27-14-11-19(17-30-27)34(36)37/h2-17H,1H3. The number of aromatic nitrogens is 3. The van der Waals surface area contributed by atoms with Crippen molar-refractivity contribution in [3.63, 3.8) is 0 Å². The second-order valence-corrected chi connectivity index (χ2v) is 8.58. The summed E-state index contributed by atoms with van der Waals surface area (Å²) in [6.07, 6.45) is 2.65. The van der Waals surface area contributed by atoms with Crippen molar-refractivity contribution in [2.45, 2.75) is 0 Å². The maximum atomic E-state index is 13.5. The molecule has 196 valence electrons. The number of para-hydroxylation sites is 1. The van der Waals surface area contributed by atoms with Gasteiger partial charge in [-0.3, -0.25) is 14.9 Å². The highest BCUT2D eigenvalue weighted by atomic mass is 16.6. The second kappa shape index (κ2) is 10.1. The highest BCUT2D eigenvalue weighted by molar-refractivity contribution is 5.88. The van der Waals surface area contributed by atoms with E-state index >= 15 is 0 Å². The average Bonchev–Trinajstić information content (AvgIpc) is 3.42. The van der Waals surface area contributed by atoms with Gasteiger partial charge in [-0.05, 0) is 60.2 Å². The molecule has 3 heterocycles. The van der Waals surface area contributed by atoms with Crippen LogP contribution in [-0.4, -0.2) is 32.9 Å². The van der Waals surface area contributed by atoms with Crippen LogP contribution in [0.25, 0.3) is 33.5 Å². The number of rotatable bonds is 7. The molecule has 3 aromatic carbocycles. The molecule has 0 N–H and O–H groups in total. The molecule has 0 saturated heterocycles. The van der Waals surface area contributed by atoms with Gasteiger partial charge in [0.15, 0.2) is 5.76 Å². The lowest BCUT2D eigenvalue weighted by Crippen LogP contribution is -2.20. The number of nitro groups is 1. The Morgan fingerprint density at radius 2 is 1.82 bits per heavy atom. The lowest BCUT2D eigenvalue weighted by Gasteiger charge is -2.07. The van der Waals surface area contributed by atoms with E-state index in [-0.39, 0.29) is 23.0 Å². The fourth-order valence-corrected chi connectivity index (χ4v) is 4.12. The molecule has 0 aliphatic heterocycles. The third-order valence-electron chi connectivity index (χ3n) is 6.07. The van der Waals surface area contributed by atoms with Crippen LogP contribution >= 0.6 is 0 Å². The number of hydrogen-bond donors (Lipinski definition) is 0. The van der Waals surface area contributed by atoms with Crippen molar-refractivity contribution in [3.8, 4) is 29.0 Å². The Hall–Kier alpha value is -5.84. The minimum absolute atomic E-state index is 0.126. The maximum absolute atomic E-state index is 13.5. The number of benzene rings is 3. The molecule has 0 unspecified atom stereocenters. The molecule has 0 fully saturated rings. The second-order valence-electron chi connectivity index (χ2n) is 8.58. The largest absolute Gasteiger partial charge is 0.496 e. The lowest BCUT2D eigenvalue weighted by molar-refractivity contribution is -0.385. The molecule has 0 atom stereocenters. The van der Waals surface area contributed by atoms with Crippen LogP contribution < -0.4 is 15.0 Å². The first-order valence-corrected chi connectivity index (χ1v) is 12.0. The first kappa shape index (κ1) is 24.5. The van der Waals surface area contributed by atoms with Crippen molar-refractivity contribution in [1.29, 1.82) is 0 Å². The zero-order valence-corrected chi connectivity index (χ0v) is 20.9. The maximum Gasteiger partial charge on any atom is 0.287 e. The van der Waals surface area contributed by atoms with E-state index in [1.54, 1.807) is 55.6 Å². The Bertz CT molecular complexity index is 1960. The van der Waals surface area contributed by atoms with E-state index in [0.29, 0.717) is 39.3 Å². The molecule has 11 heteroatoms. The van der Waals surface area contributed by atoms with Gasteiger partial charge >= 0.3 is 0 Å². The van der Waals surface area contributed by atoms with Crippen molar-refractivity contribution >= 4 is 33.8 Å². The van der Waals surface area contributed by atoms with Gasteiger partial charge in [0.05, 0.1) is 34.5 Å². The summed E-state index contributed by atoms with van der Waals surface area (Å²) in [5.74, 6) is 1.92. The van der Waals surface area contributed by atoms with Crippen LogP contribution in [0.2, 0.25) is 0 Å². The molecule has 40 heavy (non-hydrogen) atoms. The summed E-state index contributed by atoms with van der Waals surface area (Å²) in [6.45, 7) is 0. The molecule has 0 spiro atoms. The van der Waals surface area contributed by atoms with Crippen LogP contribution in [0.5, 0.6) is 17.4 Å². The van der Waals surface area contributed by atoms with Crippen LogP contribution in [0, 0.1) is 10.1 Å². The molecule has 0 saturated carbocycles. The zero-order valence-electron chi connectivity index (χ0n) is 20.9. The summed E-state index contributed by atoms with van der Waals surface area (Å²) in [7, 11) is 1.58. The Morgan fingerprint density at radius 1 is 1.00 bits per heavy atom. The summed E-state index contributed by atoms with van der Waals surface area (Å²) < 4.78 is 18.4. The van der Waals surface area contributed by atoms with Crippen molar-refractivity contribution in [1.82, 2.24) is 14.6 Å². The first-order chi connectivity index (χ1) is 19.5. The van der Waals surface area contributed by atoms with Crippen molar-refractivity contribution in [3.05, 3.63) is 117 Å². The minimum Gasteiger partial charge on any atom is -0.496 e. The minimum atomic E-state index is -0.530. The molecule has 0 radical (unpaired) electrons. The van der Waals surface area contributed by atoms with E-state index in [2.05, 4.69) is 10.1 Å². The summed E-state index contributed by atoms with van der Waals surface area (Å²) in [5, 5.41) is 16.4. The van der Waals surface area contributed by atoms with Gasteiger partial charge < -0.3 is 13.9 Å². The molecule has 0 amide bonds. The molecule has 0 aliphatic carbocycles. The topological polar surface area (TPSA) is 135 Å². The van der Waals surface area contributed by atoms with E-state index in [1.807, 2.05) is 24.3 Å². The van der Waals surface area contributed by atoms with Crippen LogP contribution in [0.3, 0.4) is 0 Å². The van der Waals surface area contributed by atoms with Gasteiger partial charge in [0.1, 0.15) is 23.3 Å². The smallest absolute Gasteiger partial charge is 0.287 e. The molecular weight excluding hydrogens is 514 g/mol. The molecular formula is C29H19N5O6. The van der Waals surface area contributed by atoms with Crippen molar-refractivity contribution in [2.24, 2.45) is 5.10 Å². The number of nitrogens with zero attached hydrogens (tertiary/aromatic N) is 5. The van der Waals surface area contributed by atoms with Gasteiger partial charge in [0.25, 0.3) is 11.2 Å². The monoisotopic (exact) mass is 533 g/mol. The SMILES string of the molecule is COc1cccc2oc(-c3nc4ccccc4c(=O)n3N=Cc3ccc(Oc4ccc([N+](=O)[O-])cn4)cc3)cc12. The summed E-state index contributed by atoms with van der Waals surface area (Å²) in [4.78, 5) is 32.4. The Labute approximate surface area is 225 Å². The van der Waals surface area contributed by atoms with Crippen LogP contribution in [0.4, 0.5) is 5.69 Å². The number of hydrogen-bond acceptors (Lipinski definition) is 9. The number of ether oxygens (including phenoxy) is 2. The third kappa shape index (κ3) is 4.63. The normalized spacial score (nSPS) is 11.3. The summed E-state index contributed by atoms with van der Waals surface area (Å²) >= 11 is 0. The van der Waals surface area contributed by atoms with Gasteiger partial charge in [0, 0.05) is 12.1 Å². The Kier molecular flexibility index (Phi) is 6.21. The van der Waals surface area contributed by atoms with E-state index in [4.69, 9.17) is 18.9 Å². The average molecular weight is 534 g/mol. The number of pyridine rings is 1. The van der Waals surface area contributed by atoms with E-state index in [9.17, 15) is 14.9 Å². The highest BCUT2D eigenvalue weighted by Gasteiger charge is 2.18. The molecule has 3 aromatic heterocycles. The van der Waals surface area contributed by atoms with Crippen LogP contribution in [-0.2, 0) is 0 Å². The highest BCUT2D eigenvalue weighted by Crippen LogP contribution is 2.33. The Balaban J connectivity index is 1.35. The quantitative estimate of drug-likeness (QED) is 0.143. The van der Waals surface area contributed by atoms with Gasteiger partial charge in [-0.25, -0.2) is 9.97 Å². The van der Waals surface area contributed by atoms with Gasteiger partial charge in [-0.15, -0.1) is 0 Å². The number of fused-ring (bicyclic) bond motifs is 2. The predicted molar refractivity (Wildman–Crippen MR) is 148 cm³/mol.